The van der Waals surface area contributed by atoms with E-state index in [4.69, 9.17) is 0 Å². The standard InChI is InChI=1S/C21H27N3O/c1-16-5-4-6-19(12-16)15-22-21(25)24-9-7-23(8-10-24)20-13-17(2)11-18(3)14-20/h4-6,11-14H,7-10,15H2,1-3H3,(H,22,25). The lowest BCUT2D eigenvalue weighted by Crippen LogP contribution is -2.51. The molecule has 4 nitrogen and oxygen atoms in total. The summed E-state index contributed by atoms with van der Waals surface area (Å²) < 4.78 is 0. The van der Waals surface area contributed by atoms with Gasteiger partial charge in [-0.25, -0.2) is 4.79 Å². The van der Waals surface area contributed by atoms with Crippen molar-refractivity contribution in [3.05, 3.63) is 64.7 Å². The van der Waals surface area contributed by atoms with E-state index in [1.807, 2.05) is 17.0 Å². The van der Waals surface area contributed by atoms with Gasteiger partial charge in [-0.2, -0.15) is 0 Å². The van der Waals surface area contributed by atoms with Crippen LogP contribution in [0.15, 0.2) is 42.5 Å². The van der Waals surface area contributed by atoms with Gasteiger partial charge < -0.3 is 15.1 Å². The molecule has 4 heteroatoms. The van der Waals surface area contributed by atoms with E-state index in [1.165, 1.54) is 22.4 Å². The molecule has 1 N–H and O–H groups in total. The molecule has 1 heterocycles. The van der Waals surface area contributed by atoms with Crippen molar-refractivity contribution in [1.82, 2.24) is 10.2 Å². The smallest absolute Gasteiger partial charge is 0.317 e. The number of amides is 2. The Labute approximate surface area is 150 Å². The second-order valence-electron chi connectivity index (χ2n) is 6.97. The van der Waals surface area contributed by atoms with Crippen LogP contribution in [0.25, 0.3) is 0 Å². The maximum absolute atomic E-state index is 12.4. The first kappa shape index (κ1) is 17.3. The zero-order valence-electron chi connectivity index (χ0n) is 15.4. The van der Waals surface area contributed by atoms with E-state index >= 15 is 0 Å². The van der Waals surface area contributed by atoms with Gasteiger partial charge in [0.2, 0.25) is 0 Å². The third-order valence-electron chi connectivity index (χ3n) is 4.66. The molecule has 0 spiro atoms. The molecule has 1 aliphatic rings. The van der Waals surface area contributed by atoms with Gasteiger partial charge in [0.15, 0.2) is 0 Å². The summed E-state index contributed by atoms with van der Waals surface area (Å²) in [5.41, 5.74) is 6.19. The molecular weight excluding hydrogens is 310 g/mol. The van der Waals surface area contributed by atoms with Crippen LogP contribution >= 0.6 is 0 Å². The van der Waals surface area contributed by atoms with Gasteiger partial charge in [0.05, 0.1) is 0 Å². The highest BCUT2D eigenvalue weighted by molar-refractivity contribution is 5.74. The molecule has 0 saturated carbocycles. The van der Waals surface area contributed by atoms with Crippen LogP contribution in [0.5, 0.6) is 0 Å². The van der Waals surface area contributed by atoms with E-state index in [1.54, 1.807) is 0 Å². The van der Waals surface area contributed by atoms with Crippen LogP contribution in [0, 0.1) is 20.8 Å². The van der Waals surface area contributed by atoms with E-state index in [-0.39, 0.29) is 6.03 Å². The van der Waals surface area contributed by atoms with Gasteiger partial charge in [-0.15, -0.1) is 0 Å². The SMILES string of the molecule is Cc1cccc(CNC(=O)N2CCN(c3cc(C)cc(C)c3)CC2)c1. The van der Waals surface area contributed by atoms with Gasteiger partial charge in [0.1, 0.15) is 0 Å². The first-order valence-electron chi connectivity index (χ1n) is 8.93. The lowest BCUT2D eigenvalue weighted by atomic mass is 10.1. The van der Waals surface area contributed by atoms with Gasteiger partial charge in [0, 0.05) is 38.4 Å². The minimum atomic E-state index is 0.0292. The molecule has 0 unspecified atom stereocenters. The van der Waals surface area contributed by atoms with E-state index in [0.717, 1.165) is 31.7 Å². The lowest BCUT2D eigenvalue weighted by molar-refractivity contribution is 0.194. The third kappa shape index (κ3) is 4.53. The number of aryl methyl sites for hydroxylation is 3. The van der Waals surface area contributed by atoms with E-state index in [0.29, 0.717) is 6.54 Å². The molecule has 3 rings (SSSR count). The summed E-state index contributed by atoms with van der Waals surface area (Å²) in [4.78, 5) is 16.7. The summed E-state index contributed by atoms with van der Waals surface area (Å²) in [6, 6.07) is 14.9. The van der Waals surface area contributed by atoms with Crippen molar-refractivity contribution in [3.63, 3.8) is 0 Å². The molecule has 1 fully saturated rings. The second kappa shape index (κ2) is 7.60. The highest BCUT2D eigenvalue weighted by atomic mass is 16.2. The van der Waals surface area contributed by atoms with Gasteiger partial charge in [-0.3, -0.25) is 0 Å². The number of hydrogen-bond donors (Lipinski definition) is 1. The number of carbonyl (C=O) groups excluding carboxylic acids is 1. The van der Waals surface area contributed by atoms with Crippen molar-refractivity contribution in [2.24, 2.45) is 0 Å². The van der Waals surface area contributed by atoms with Crippen molar-refractivity contribution in [3.8, 4) is 0 Å². The van der Waals surface area contributed by atoms with Crippen molar-refractivity contribution in [2.45, 2.75) is 27.3 Å². The fourth-order valence-corrected chi connectivity index (χ4v) is 3.41. The number of hydrogen-bond acceptors (Lipinski definition) is 2. The zero-order chi connectivity index (χ0) is 17.8. The van der Waals surface area contributed by atoms with Crippen molar-refractivity contribution in [1.29, 1.82) is 0 Å². The summed E-state index contributed by atoms with van der Waals surface area (Å²) in [7, 11) is 0. The number of anilines is 1. The first-order chi connectivity index (χ1) is 12.0. The average molecular weight is 337 g/mol. The van der Waals surface area contributed by atoms with Crippen LogP contribution < -0.4 is 10.2 Å². The van der Waals surface area contributed by atoms with Crippen LogP contribution in [0.1, 0.15) is 22.3 Å². The maximum Gasteiger partial charge on any atom is 0.317 e. The summed E-state index contributed by atoms with van der Waals surface area (Å²) in [6.07, 6.45) is 0. The molecule has 2 amide bonds. The molecule has 132 valence electrons. The Morgan fingerprint density at radius 2 is 1.60 bits per heavy atom. The van der Waals surface area contributed by atoms with Crippen LogP contribution in [0.3, 0.4) is 0 Å². The van der Waals surface area contributed by atoms with E-state index in [2.05, 4.69) is 61.3 Å². The molecule has 1 saturated heterocycles. The number of carbonyl (C=O) groups is 1. The monoisotopic (exact) mass is 337 g/mol. The minimum Gasteiger partial charge on any atom is -0.368 e. The number of urea groups is 1. The van der Waals surface area contributed by atoms with Gasteiger partial charge in [-0.1, -0.05) is 35.9 Å². The molecule has 0 bridgehead atoms. The molecule has 1 aliphatic heterocycles. The number of rotatable bonds is 3. The summed E-state index contributed by atoms with van der Waals surface area (Å²) in [5.74, 6) is 0. The molecule has 0 atom stereocenters. The number of nitrogens with one attached hydrogen (secondary N) is 1. The highest BCUT2D eigenvalue weighted by Crippen LogP contribution is 2.20. The predicted molar refractivity (Wildman–Crippen MR) is 103 cm³/mol. The highest BCUT2D eigenvalue weighted by Gasteiger charge is 2.21. The lowest BCUT2D eigenvalue weighted by Gasteiger charge is -2.36. The minimum absolute atomic E-state index is 0.0292. The Balaban J connectivity index is 1.52. The molecule has 2 aromatic carbocycles. The van der Waals surface area contributed by atoms with Crippen molar-refractivity contribution >= 4 is 11.7 Å². The van der Waals surface area contributed by atoms with Gasteiger partial charge >= 0.3 is 6.03 Å². The molecule has 0 aromatic heterocycles. The molecular formula is C21H27N3O. The van der Waals surface area contributed by atoms with Gasteiger partial charge in [-0.05, 0) is 49.6 Å². The molecule has 25 heavy (non-hydrogen) atoms. The van der Waals surface area contributed by atoms with Crippen molar-refractivity contribution < 1.29 is 4.79 Å². The zero-order valence-corrected chi connectivity index (χ0v) is 15.4. The number of piperazine rings is 1. The van der Waals surface area contributed by atoms with Crippen LogP contribution in [0.2, 0.25) is 0 Å². The maximum atomic E-state index is 12.4. The fraction of sp³-hybridized carbons (Fsp3) is 0.381. The Morgan fingerprint density at radius 1 is 0.920 bits per heavy atom. The van der Waals surface area contributed by atoms with Crippen molar-refractivity contribution in [2.75, 3.05) is 31.1 Å². The fourth-order valence-electron chi connectivity index (χ4n) is 3.41. The van der Waals surface area contributed by atoms with Crippen LogP contribution in [-0.2, 0) is 6.54 Å². The van der Waals surface area contributed by atoms with E-state index < -0.39 is 0 Å². The summed E-state index contributed by atoms with van der Waals surface area (Å²) in [6.45, 7) is 10.2. The van der Waals surface area contributed by atoms with E-state index in [9.17, 15) is 4.79 Å². The average Bonchev–Trinajstić information content (AvgIpc) is 2.59. The molecule has 0 radical (unpaired) electrons. The third-order valence-corrected chi connectivity index (χ3v) is 4.66. The number of nitrogens with zero attached hydrogens (tertiary/aromatic N) is 2. The molecule has 0 aliphatic carbocycles. The van der Waals surface area contributed by atoms with Crippen LogP contribution in [0.4, 0.5) is 10.5 Å². The normalized spacial score (nSPS) is 14.5. The Bertz CT molecular complexity index is 728. The first-order valence-corrected chi connectivity index (χ1v) is 8.93. The van der Waals surface area contributed by atoms with Crippen LogP contribution in [-0.4, -0.2) is 37.1 Å². The number of benzene rings is 2. The second-order valence-corrected chi connectivity index (χ2v) is 6.97. The predicted octanol–water partition coefficient (Wildman–Crippen LogP) is 3.64. The Hall–Kier alpha value is -2.49. The summed E-state index contributed by atoms with van der Waals surface area (Å²) >= 11 is 0. The summed E-state index contributed by atoms with van der Waals surface area (Å²) in [5, 5.41) is 3.04. The Morgan fingerprint density at radius 3 is 2.24 bits per heavy atom. The quantitative estimate of drug-likeness (QED) is 0.928. The largest absolute Gasteiger partial charge is 0.368 e. The van der Waals surface area contributed by atoms with Gasteiger partial charge in [0.25, 0.3) is 0 Å². The Kier molecular flexibility index (Phi) is 5.27. The topological polar surface area (TPSA) is 35.6 Å². The molecule has 2 aromatic rings.